The van der Waals surface area contributed by atoms with Crippen LogP contribution in [0, 0.1) is 18.7 Å². The van der Waals surface area contributed by atoms with Crippen LogP contribution in [0.25, 0.3) is 0 Å². The zero-order valence-corrected chi connectivity index (χ0v) is 14.5. The van der Waals surface area contributed by atoms with Gasteiger partial charge in [-0.15, -0.1) is 0 Å². The Morgan fingerprint density at radius 1 is 1.10 bits per heavy atom. The quantitative estimate of drug-likeness (QED) is 0.566. The summed E-state index contributed by atoms with van der Waals surface area (Å²) in [4.78, 5) is 0. The molecule has 1 atom stereocenters. The molecule has 0 saturated heterocycles. The van der Waals surface area contributed by atoms with Crippen LogP contribution in [0.5, 0.6) is 0 Å². The molecule has 0 heterocycles. The number of rotatable bonds is 5. The molecular weight excluding hydrogens is 383 g/mol. The lowest BCUT2D eigenvalue weighted by atomic mass is 9.92. The van der Waals surface area contributed by atoms with E-state index >= 15 is 0 Å². The fraction of sp³-hybridized carbons (Fsp3) is 0.294. The highest BCUT2D eigenvalue weighted by molar-refractivity contribution is 9.10. The predicted octanol–water partition coefficient (Wildman–Crippen LogP) is 5.69. The van der Waals surface area contributed by atoms with E-state index in [1.54, 1.807) is 6.07 Å². The molecule has 0 fully saturated rings. The summed E-state index contributed by atoms with van der Waals surface area (Å²) in [5.74, 6) is 0.311. The Morgan fingerprint density at radius 3 is 2.60 bits per heavy atom. The van der Waals surface area contributed by atoms with Crippen LogP contribution in [-0.2, 0) is 12.8 Å². The van der Waals surface area contributed by atoms with Crippen LogP contribution in [0.1, 0.15) is 16.7 Å². The number of aryl methyl sites for hydroxylation is 1. The van der Waals surface area contributed by atoms with Gasteiger partial charge >= 0.3 is 0 Å². The first-order chi connectivity index (χ1) is 9.58. The van der Waals surface area contributed by atoms with Gasteiger partial charge in [-0.1, -0.05) is 50.1 Å². The van der Waals surface area contributed by atoms with E-state index in [0.29, 0.717) is 5.92 Å². The van der Waals surface area contributed by atoms with Crippen molar-refractivity contribution in [2.45, 2.75) is 19.8 Å². The molecule has 0 aliphatic carbocycles. The molecule has 0 aliphatic rings. The average molecular weight is 400 g/mol. The third kappa shape index (κ3) is 4.42. The van der Waals surface area contributed by atoms with E-state index in [2.05, 4.69) is 50.1 Å². The largest absolute Gasteiger partial charge is 0.207 e. The Balaban J connectivity index is 2.11. The molecule has 1 unspecified atom stereocenters. The van der Waals surface area contributed by atoms with Gasteiger partial charge in [0, 0.05) is 9.80 Å². The monoisotopic (exact) mass is 398 g/mol. The van der Waals surface area contributed by atoms with Gasteiger partial charge < -0.3 is 0 Å². The first kappa shape index (κ1) is 15.7. The third-order valence-corrected chi connectivity index (χ3v) is 4.86. The molecule has 20 heavy (non-hydrogen) atoms. The van der Waals surface area contributed by atoms with Crippen LogP contribution in [0.15, 0.2) is 46.9 Å². The molecule has 2 aromatic carbocycles. The maximum Gasteiger partial charge on any atom is 0.123 e. The summed E-state index contributed by atoms with van der Waals surface area (Å²) >= 11 is 7.09. The second-order valence-corrected chi connectivity index (χ2v) is 6.69. The molecule has 2 rings (SSSR count). The van der Waals surface area contributed by atoms with Gasteiger partial charge in [-0.05, 0) is 66.6 Å². The van der Waals surface area contributed by atoms with Gasteiger partial charge in [-0.2, -0.15) is 0 Å². The van der Waals surface area contributed by atoms with Crippen molar-refractivity contribution in [1.29, 1.82) is 0 Å². The molecule has 0 bridgehead atoms. The van der Waals surface area contributed by atoms with Crippen molar-refractivity contribution in [3.8, 4) is 0 Å². The molecule has 0 radical (unpaired) electrons. The Kier molecular flexibility index (Phi) is 5.79. The minimum absolute atomic E-state index is 0.152. The number of hydrogen-bond acceptors (Lipinski definition) is 0. The Bertz CT molecular complexity index is 581. The molecular formula is C17H17Br2F. The van der Waals surface area contributed by atoms with Crippen molar-refractivity contribution in [2.24, 2.45) is 5.92 Å². The molecule has 0 nitrogen and oxygen atoms in total. The van der Waals surface area contributed by atoms with Crippen LogP contribution in [0.4, 0.5) is 4.39 Å². The molecule has 0 amide bonds. The molecule has 0 saturated carbocycles. The highest BCUT2D eigenvalue weighted by Gasteiger charge is 2.12. The third-order valence-electron chi connectivity index (χ3n) is 3.45. The highest BCUT2D eigenvalue weighted by Crippen LogP contribution is 2.21. The highest BCUT2D eigenvalue weighted by atomic mass is 79.9. The summed E-state index contributed by atoms with van der Waals surface area (Å²) < 4.78 is 14.5. The molecule has 0 spiro atoms. The fourth-order valence-electron chi connectivity index (χ4n) is 2.35. The van der Waals surface area contributed by atoms with E-state index in [-0.39, 0.29) is 5.82 Å². The van der Waals surface area contributed by atoms with Crippen molar-refractivity contribution in [1.82, 2.24) is 0 Å². The zero-order valence-electron chi connectivity index (χ0n) is 11.4. The van der Waals surface area contributed by atoms with Crippen molar-refractivity contribution in [3.05, 3.63) is 69.4 Å². The summed E-state index contributed by atoms with van der Waals surface area (Å²) in [6, 6.07) is 13.4. The van der Waals surface area contributed by atoms with Gasteiger partial charge in [0.1, 0.15) is 5.82 Å². The maximum atomic E-state index is 13.4. The smallest absolute Gasteiger partial charge is 0.123 e. The van der Waals surface area contributed by atoms with Gasteiger partial charge in [0.25, 0.3) is 0 Å². The lowest BCUT2D eigenvalue weighted by Gasteiger charge is -2.16. The maximum absolute atomic E-state index is 13.4. The summed E-state index contributed by atoms with van der Waals surface area (Å²) in [6.07, 6.45) is 1.88. The van der Waals surface area contributed by atoms with Crippen molar-refractivity contribution in [3.63, 3.8) is 0 Å². The second-order valence-electron chi connectivity index (χ2n) is 5.13. The summed E-state index contributed by atoms with van der Waals surface area (Å²) in [5.41, 5.74) is 3.56. The molecule has 3 heteroatoms. The minimum Gasteiger partial charge on any atom is -0.207 e. The molecule has 0 aromatic heterocycles. The van der Waals surface area contributed by atoms with Gasteiger partial charge in [0.15, 0.2) is 0 Å². The molecule has 2 aromatic rings. The lowest BCUT2D eigenvalue weighted by molar-refractivity contribution is 0.580. The number of alkyl halides is 1. The van der Waals surface area contributed by atoms with Crippen LogP contribution in [0.2, 0.25) is 0 Å². The molecule has 0 aliphatic heterocycles. The van der Waals surface area contributed by atoms with Crippen LogP contribution < -0.4 is 0 Å². The first-order valence-electron chi connectivity index (χ1n) is 6.64. The lowest BCUT2D eigenvalue weighted by Crippen LogP contribution is -2.11. The van der Waals surface area contributed by atoms with Gasteiger partial charge in [0.2, 0.25) is 0 Å². The van der Waals surface area contributed by atoms with Gasteiger partial charge in [-0.25, -0.2) is 4.39 Å². The summed E-state index contributed by atoms with van der Waals surface area (Å²) in [6.45, 7) is 2.04. The van der Waals surface area contributed by atoms with E-state index in [1.165, 1.54) is 11.6 Å². The first-order valence-corrected chi connectivity index (χ1v) is 8.55. The van der Waals surface area contributed by atoms with Crippen molar-refractivity contribution >= 4 is 31.9 Å². The number of halogens is 3. The van der Waals surface area contributed by atoms with E-state index < -0.39 is 0 Å². The standard InChI is InChI=1S/C17H17Br2F/c1-12-5-6-17(20)10-15(12)8-14(11-18)7-13-3-2-4-16(19)9-13/h2-6,9-10,14H,7-8,11H2,1H3. The van der Waals surface area contributed by atoms with E-state index in [1.807, 2.05) is 19.1 Å². The summed E-state index contributed by atoms with van der Waals surface area (Å²) in [7, 11) is 0. The second kappa shape index (κ2) is 7.37. The van der Waals surface area contributed by atoms with Gasteiger partial charge in [-0.3, -0.25) is 0 Å². The number of benzene rings is 2. The zero-order chi connectivity index (χ0) is 14.5. The minimum atomic E-state index is -0.152. The van der Waals surface area contributed by atoms with Crippen molar-refractivity contribution < 1.29 is 4.39 Å². The van der Waals surface area contributed by atoms with Crippen LogP contribution in [0.3, 0.4) is 0 Å². The Hall–Kier alpha value is -0.670. The molecule has 106 valence electrons. The predicted molar refractivity (Wildman–Crippen MR) is 90.0 cm³/mol. The Morgan fingerprint density at radius 2 is 1.90 bits per heavy atom. The summed E-state index contributed by atoms with van der Waals surface area (Å²) in [5, 5.41) is 0.912. The average Bonchev–Trinajstić information content (AvgIpc) is 2.42. The van der Waals surface area contributed by atoms with Gasteiger partial charge in [0.05, 0.1) is 0 Å². The normalized spacial score (nSPS) is 12.4. The topological polar surface area (TPSA) is 0 Å². The number of hydrogen-bond donors (Lipinski definition) is 0. The van der Waals surface area contributed by atoms with E-state index in [0.717, 1.165) is 33.8 Å². The molecule has 0 N–H and O–H groups in total. The van der Waals surface area contributed by atoms with Crippen LogP contribution in [-0.4, -0.2) is 5.33 Å². The van der Waals surface area contributed by atoms with E-state index in [4.69, 9.17) is 0 Å². The SMILES string of the molecule is Cc1ccc(F)cc1CC(CBr)Cc1cccc(Br)c1. The van der Waals surface area contributed by atoms with E-state index in [9.17, 15) is 4.39 Å². The Labute approximate surface area is 136 Å². The van der Waals surface area contributed by atoms with Crippen LogP contribution >= 0.6 is 31.9 Å². The van der Waals surface area contributed by atoms with Crippen molar-refractivity contribution in [2.75, 3.05) is 5.33 Å². The fourth-order valence-corrected chi connectivity index (χ4v) is 3.25.